The quantitative estimate of drug-likeness (QED) is 0.0377. The molecule has 4 unspecified atom stereocenters. The highest BCUT2D eigenvalue weighted by atomic mass is 32.1. The average molecular weight is 521 g/mol. The number of rotatable bonds is 17. The predicted molar refractivity (Wildman–Crippen MR) is 126 cm³/mol. The number of guanidine groups is 1. The molecule has 4 amide bonds. The topological polar surface area (TPSA) is 295 Å². The van der Waals surface area contributed by atoms with Gasteiger partial charge in [-0.25, -0.2) is 4.79 Å². The summed E-state index contributed by atoms with van der Waals surface area (Å²) in [4.78, 5) is 74.8. The summed E-state index contributed by atoms with van der Waals surface area (Å²) in [6, 6.07) is -5.47. The standard InChI is InChI=1S/C18H32N8O8S/c19-8(7-35)14(30)24-9(2-1-5-23-18(21)22)15(31)25-10(3-4-13(28)29)16(32)26-11(17(33)34)6-12(20)27/h8-11,35H,1-7,19H2,(H2,20,27)(H,24,30)(H,25,31)(H,26,32)(H,28,29)(H,33,34)(H4,21,22,23). The number of nitrogens with zero attached hydrogens (tertiary/aromatic N) is 1. The van der Waals surface area contributed by atoms with Crippen molar-refractivity contribution in [3.8, 4) is 0 Å². The molecule has 0 fully saturated rings. The lowest BCUT2D eigenvalue weighted by atomic mass is 10.1. The van der Waals surface area contributed by atoms with Gasteiger partial charge in [0.1, 0.15) is 18.1 Å². The van der Waals surface area contributed by atoms with E-state index in [2.05, 4.69) is 28.3 Å². The van der Waals surface area contributed by atoms with Crippen molar-refractivity contribution in [1.82, 2.24) is 16.0 Å². The van der Waals surface area contributed by atoms with E-state index in [1.165, 1.54) is 0 Å². The van der Waals surface area contributed by atoms with E-state index in [4.69, 9.17) is 28.0 Å². The zero-order chi connectivity index (χ0) is 27.1. The van der Waals surface area contributed by atoms with E-state index in [1.54, 1.807) is 0 Å². The van der Waals surface area contributed by atoms with Crippen molar-refractivity contribution in [1.29, 1.82) is 0 Å². The van der Waals surface area contributed by atoms with Gasteiger partial charge < -0.3 is 49.1 Å². The number of carboxylic acids is 2. The summed E-state index contributed by atoms with van der Waals surface area (Å²) < 4.78 is 0. The molecule has 0 heterocycles. The summed E-state index contributed by atoms with van der Waals surface area (Å²) >= 11 is 3.92. The Morgan fingerprint density at radius 2 is 1.34 bits per heavy atom. The number of hydrogen-bond donors (Lipinski definition) is 10. The van der Waals surface area contributed by atoms with Crippen molar-refractivity contribution in [3.05, 3.63) is 0 Å². The van der Waals surface area contributed by atoms with Gasteiger partial charge >= 0.3 is 11.9 Å². The molecule has 16 nitrogen and oxygen atoms in total. The molecule has 0 rings (SSSR count). The van der Waals surface area contributed by atoms with E-state index < -0.39 is 79.0 Å². The third-order valence-electron chi connectivity index (χ3n) is 4.41. The lowest BCUT2D eigenvalue weighted by Gasteiger charge is -2.24. The Morgan fingerprint density at radius 1 is 0.829 bits per heavy atom. The van der Waals surface area contributed by atoms with Gasteiger partial charge in [-0.1, -0.05) is 0 Å². The Hall–Kier alpha value is -3.60. The van der Waals surface area contributed by atoms with Gasteiger partial charge in [0, 0.05) is 18.7 Å². The van der Waals surface area contributed by atoms with Crippen LogP contribution < -0.4 is 38.9 Å². The molecule has 0 aliphatic rings. The number of carbonyl (C=O) groups excluding carboxylic acids is 4. The summed E-state index contributed by atoms with van der Waals surface area (Å²) in [7, 11) is 0. The summed E-state index contributed by atoms with van der Waals surface area (Å²) in [6.07, 6.45) is -1.46. The van der Waals surface area contributed by atoms with Crippen LogP contribution in [0.25, 0.3) is 0 Å². The number of hydrogen-bond acceptors (Lipinski definition) is 9. The number of aliphatic imine (C=N–C) groups is 1. The molecule has 0 aromatic carbocycles. The molecule has 0 spiro atoms. The van der Waals surface area contributed by atoms with Crippen molar-refractivity contribution in [2.45, 2.75) is 56.3 Å². The van der Waals surface area contributed by atoms with Crippen LogP contribution in [0.5, 0.6) is 0 Å². The molecule has 0 radical (unpaired) electrons. The van der Waals surface area contributed by atoms with E-state index in [-0.39, 0.29) is 31.1 Å². The van der Waals surface area contributed by atoms with E-state index in [1.807, 2.05) is 5.32 Å². The van der Waals surface area contributed by atoms with Gasteiger partial charge in [0.15, 0.2) is 5.96 Å². The molecule has 198 valence electrons. The number of amides is 4. The van der Waals surface area contributed by atoms with Gasteiger partial charge in [0.2, 0.25) is 23.6 Å². The number of carboxylic acid groups (broad SMARTS) is 2. The van der Waals surface area contributed by atoms with Gasteiger partial charge in [0.25, 0.3) is 0 Å². The van der Waals surface area contributed by atoms with Crippen LogP contribution in [0.15, 0.2) is 4.99 Å². The van der Waals surface area contributed by atoms with E-state index >= 15 is 0 Å². The van der Waals surface area contributed by atoms with Crippen molar-refractivity contribution in [2.24, 2.45) is 27.9 Å². The number of carbonyl (C=O) groups is 6. The fraction of sp³-hybridized carbons (Fsp3) is 0.611. The smallest absolute Gasteiger partial charge is 0.326 e. The second-order valence-corrected chi connectivity index (χ2v) is 7.73. The Morgan fingerprint density at radius 3 is 1.80 bits per heavy atom. The van der Waals surface area contributed by atoms with Crippen LogP contribution in [0, 0.1) is 0 Å². The molecule has 0 aromatic heterocycles. The van der Waals surface area contributed by atoms with Crippen LogP contribution >= 0.6 is 12.6 Å². The van der Waals surface area contributed by atoms with Crippen molar-refractivity contribution < 1.29 is 39.0 Å². The number of aliphatic carboxylic acids is 2. The molecule has 0 saturated carbocycles. The van der Waals surface area contributed by atoms with Crippen molar-refractivity contribution >= 4 is 54.2 Å². The summed E-state index contributed by atoms with van der Waals surface area (Å²) in [5, 5.41) is 24.9. The predicted octanol–water partition coefficient (Wildman–Crippen LogP) is -4.42. The van der Waals surface area contributed by atoms with Crippen LogP contribution in [0.3, 0.4) is 0 Å². The molecular formula is C18H32N8O8S. The molecule has 17 heteroatoms. The van der Waals surface area contributed by atoms with Gasteiger partial charge in [-0.2, -0.15) is 12.6 Å². The minimum Gasteiger partial charge on any atom is -0.481 e. The van der Waals surface area contributed by atoms with Crippen LogP contribution in [0.4, 0.5) is 0 Å². The van der Waals surface area contributed by atoms with Crippen LogP contribution in [-0.4, -0.2) is 88.2 Å². The second kappa shape index (κ2) is 16.1. The Kier molecular flexibility index (Phi) is 14.4. The summed E-state index contributed by atoms with van der Waals surface area (Å²) in [5.74, 6) is -6.70. The van der Waals surface area contributed by atoms with Crippen molar-refractivity contribution in [3.63, 3.8) is 0 Å². The zero-order valence-electron chi connectivity index (χ0n) is 18.8. The number of nitrogens with two attached hydrogens (primary N) is 4. The van der Waals surface area contributed by atoms with Crippen LogP contribution in [0.2, 0.25) is 0 Å². The molecule has 0 bridgehead atoms. The van der Waals surface area contributed by atoms with Crippen LogP contribution in [0.1, 0.15) is 32.1 Å². The fourth-order valence-electron chi connectivity index (χ4n) is 2.62. The lowest BCUT2D eigenvalue weighted by Crippen LogP contribution is -2.57. The Balaban J connectivity index is 5.63. The zero-order valence-corrected chi connectivity index (χ0v) is 19.7. The average Bonchev–Trinajstić information content (AvgIpc) is 2.76. The van der Waals surface area contributed by atoms with E-state index in [9.17, 15) is 33.9 Å². The first-order valence-electron chi connectivity index (χ1n) is 10.3. The molecule has 0 saturated heterocycles. The summed E-state index contributed by atoms with van der Waals surface area (Å²) in [6.45, 7) is 0.122. The third-order valence-corrected chi connectivity index (χ3v) is 4.80. The SMILES string of the molecule is NC(=O)CC(NC(=O)C(CCC(=O)O)NC(=O)C(CCCN=C(N)N)NC(=O)C(N)CS)C(=O)O. The minimum absolute atomic E-state index is 0.0142. The van der Waals surface area contributed by atoms with Gasteiger partial charge in [-0.15, -0.1) is 0 Å². The van der Waals surface area contributed by atoms with Gasteiger partial charge in [-0.05, 0) is 19.3 Å². The monoisotopic (exact) mass is 520 g/mol. The molecule has 0 aromatic rings. The highest BCUT2D eigenvalue weighted by Gasteiger charge is 2.31. The second-order valence-electron chi connectivity index (χ2n) is 7.36. The lowest BCUT2D eigenvalue weighted by molar-refractivity contribution is -0.144. The summed E-state index contributed by atoms with van der Waals surface area (Å²) in [5.41, 5.74) is 21.1. The maximum atomic E-state index is 12.9. The fourth-order valence-corrected chi connectivity index (χ4v) is 2.78. The molecular weight excluding hydrogens is 488 g/mol. The Labute approximate surface area is 206 Å². The van der Waals surface area contributed by atoms with E-state index in [0.29, 0.717) is 0 Å². The molecule has 0 aliphatic carbocycles. The third kappa shape index (κ3) is 13.6. The van der Waals surface area contributed by atoms with Crippen LogP contribution in [-0.2, 0) is 28.8 Å². The Bertz CT molecular complexity index is 820. The largest absolute Gasteiger partial charge is 0.481 e. The highest BCUT2D eigenvalue weighted by molar-refractivity contribution is 7.80. The first-order valence-corrected chi connectivity index (χ1v) is 11.0. The van der Waals surface area contributed by atoms with E-state index in [0.717, 1.165) is 0 Å². The number of thiol groups is 1. The maximum absolute atomic E-state index is 12.9. The molecule has 35 heavy (non-hydrogen) atoms. The number of nitrogens with one attached hydrogen (secondary N) is 3. The maximum Gasteiger partial charge on any atom is 0.326 e. The normalized spacial score (nSPS) is 13.9. The first kappa shape index (κ1) is 31.4. The highest BCUT2D eigenvalue weighted by Crippen LogP contribution is 2.05. The molecule has 0 aliphatic heterocycles. The minimum atomic E-state index is -1.70. The van der Waals surface area contributed by atoms with Gasteiger partial charge in [0.05, 0.1) is 12.5 Å². The van der Waals surface area contributed by atoms with Gasteiger partial charge in [-0.3, -0.25) is 29.0 Å². The first-order chi connectivity index (χ1) is 16.3. The van der Waals surface area contributed by atoms with Crippen molar-refractivity contribution in [2.75, 3.05) is 12.3 Å². The molecule has 13 N–H and O–H groups in total. The number of primary amides is 1. The molecule has 4 atom stereocenters.